The minimum absolute atomic E-state index is 0.669. The summed E-state index contributed by atoms with van der Waals surface area (Å²) in [6, 6.07) is 2.03. The number of rotatable bonds is 5. The van der Waals surface area contributed by atoms with Crippen molar-refractivity contribution in [2.45, 2.75) is 24.0 Å². The summed E-state index contributed by atoms with van der Waals surface area (Å²) in [6.07, 6.45) is 11.5. The number of imidazole rings is 1. The fourth-order valence-corrected chi connectivity index (χ4v) is 6.40. The van der Waals surface area contributed by atoms with Crippen LogP contribution in [0.4, 0.5) is 10.8 Å². The first-order valence-corrected chi connectivity index (χ1v) is 11.4. The van der Waals surface area contributed by atoms with Crippen molar-refractivity contribution in [2.24, 2.45) is 7.05 Å². The second kappa shape index (κ2) is 7.36. The molecule has 4 aromatic rings. The molecule has 1 atom stereocenters. The number of aromatic nitrogens is 5. The van der Waals surface area contributed by atoms with Gasteiger partial charge >= 0.3 is 0 Å². The number of nitrogens with zero attached hydrogens (tertiary/aromatic N) is 6. The van der Waals surface area contributed by atoms with E-state index in [1.54, 1.807) is 10.9 Å². The summed E-state index contributed by atoms with van der Waals surface area (Å²) in [7, 11) is 0.801. The van der Waals surface area contributed by atoms with Gasteiger partial charge in [0.25, 0.3) is 0 Å². The fraction of sp³-hybridized carbons (Fsp3) is 0.316. The Balaban J connectivity index is 1.46. The minimum Gasteiger partial charge on any atom is -0.329 e. The first-order valence-electron chi connectivity index (χ1n) is 9.45. The van der Waals surface area contributed by atoms with E-state index in [9.17, 15) is 4.21 Å². The molecule has 0 bridgehead atoms. The highest BCUT2D eigenvalue weighted by molar-refractivity contribution is 7.85. The zero-order valence-electron chi connectivity index (χ0n) is 16.2. The third kappa shape index (κ3) is 3.37. The van der Waals surface area contributed by atoms with Crippen molar-refractivity contribution in [1.29, 1.82) is 0 Å². The molecule has 0 radical (unpaired) electrons. The monoisotopic (exact) mass is 427 g/mol. The number of aryl methyl sites for hydroxylation is 2. The van der Waals surface area contributed by atoms with Gasteiger partial charge in [-0.05, 0) is 31.4 Å². The van der Waals surface area contributed by atoms with Gasteiger partial charge in [-0.1, -0.05) is 0 Å². The van der Waals surface area contributed by atoms with Crippen molar-refractivity contribution in [3.8, 4) is 11.3 Å². The van der Waals surface area contributed by atoms with E-state index in [1.807, 2.05) is 49.2 Å². The molecule has 0 saturated carbocycles. The van der Waals surface area contributed by atoms with Crippen LogP contribution in [-0.2, 0) is 18.0 Å². The Bertz CT molecular complexity index is 1200. The zero-order valence-corrected chi connectivity index (χ0v) is 17.8. The van der Waals surface area contributed by atoms with E-state index in [4.69, 9.17) is 0 Å². The van der Waals surface area contributed by atoms with Crippen molar-refractivity contribution >= 4 is 38.8 Å². The van der Waals surface area contributed by atoms with Gasteiger partial charge in [-0.25, -0.2) is 18.5 Å². The molecular formula is C19H21N7OS2. The number of hydrogen-bond acceptors (Lipinski definition) is 6. The molecule has 150 valence electrons. The van der Waals surface area contributed by atoms with Crippen LogP contribution in [0.5, 0.6) is 0 Å². The third-order valence-electron chi connectivity index (χ3n) is 5.00. The largest absolute Gasteiger partial charge is 0.329 e. The van der Waals surface area contributed by atoms with Crippen LogP contribution >= 0.6 is 11.3 Å². The van der Waals surface area contributed by atoms with Crippen LogP contribution in [0.15, 0.2) is 41.3 Å². The van der Waals surface area contributed by atoms with Crippen LogP contribution in [0.3, 0.4) is 0 Å². The highest BCUT2D eigenvalue weighted by atomic mass is 32.2. The van der Waals surface area contributed by atoms with Crippen LogP contribution in [0.25, 0.3) is 16.9 Å². The van der Waals surface area contributed by atoms with Gasteiger partial charge in [-0.2, -0.15) is 5.10 Å². The van der Waals surface area contributed by atoms with E-state index in [-0.39, 0.29) is 0 Å². The Morgan fingerprint density at radius 2 is 2.03 bits per heavy atom. The molecule has 5 heterocycles. The lowest BCUT2D eigenvalue weighted by Crippen LogP contribution is -2.21. The molecule has 0 aliphatic carbocycles. The van der Waals surface area contributed by atoms with E-state index in [2.05, 4.69) is 24.7 Å². The minimum atomic E-state index is -1.09. The van der Waals surface area contributed by atoms with Gasteiger partial charge in [0.1, 0.15) is 15.2 Å². The summed E-state index contributed by atoms with van der Waals surface area (Å²) in [6.45, 7) is 3.81. The molecule has 0 spiro atoms. The topological polar surface area (TPSA) is 80.3 Å². The van der Waals surface area contributed by atoms with Gasteiger partial charge in [0.2, 0.25) is 0 Å². The number of thiophene rings is 1. The molecular weight excluding hydrogens is 406 g/mol. The van der Waals surface area contributed by atoms with Crippen molar-refractivity contribution in [3.63, 3.8) is 0 Å². The predicted octanol–water partition coefficient (Wildman–Crippen LogP) is 3.36. The molecule has 5 rings (SSSR count). The summed E-state index contributed by atoms with van der Waals surface area (Å²) >= 11 is 1.52. The van der Waals surface area contributed by atoms with E-state index in [1.165, 1.54) is 11.3 Å². The standard InChI is InChI=1S/C19H21N7OS2/c1-13-9-16(28-19(13)29(27)25-6-3-4-7-25)23-17-18-21-11-15(26(18)8-5-20-17)14-10-22-24(2)12-14/h5,8-12H,3-4,6-7H2,1-2H3,(H,20,23). The van der Waals surface area contributed by atoms with Crippen LogP contribution in [0.2, 0.25) is 0 Å². The maximum absolute atomic E-state index is 12.9. The molecule has 1 fully saturated rings. The van der Waals surface area contributed by atoms with Crippen molar-refractivity contribution in [2.75, 3.05) is 18.4 Å². The highest BCUT2D eigenvalue weighted by Crippen LogP contribution is 2.34. The van der Waals surface area contributed by atoms with Gasteiger partial charge < -0.3 is 5.32 Å². The Morgan fingerprint density at radius 1 is 1.21 bits per heavy atom. The average Bonchev–Trinajstić information content (AvgIpc) is 3.48. The first-order chi connectivity index (χ1) is 14.1. The quantitative estimate of drug-likeness (QED) is 0.528. The number of fused-ring (bicyclic) bond motifs is 1. The maximum atomic E-state index is 12.9. The summed E-state index contributed by atoms with van der Waals surface area (Å²) < 4.78 is 19.6. The molecule has 1 unspecified atom stereocenters. The summed E-state index contributed by atoms with van der Waals surface area (Å²) in [5.74, 6) is 0.669. The molecule has 1 N–H and O–H groups in total. The van der Waals surface area contributed by atoms with Crippen LogP contribution in [0, 0.1) is 6.92 Å². The van der Waals surface area contributed by atoms with Crippen molar-refractivity contribution in [3.05, 3.63) is 42.6 Å². The Morgan fingerprint density at radius 3 is 2.79 bits per heavy atom. The molecule has 1 saturated heterocycles. The number of anilines is 2. The van der Waals surface area contributed by atoms with Gasteiger partial charge in [-0.15, -0.1) is 11.3 Å². The lowest BCUT2D eigenvalue weighted by Gasteiger charge is -2.12. The molecule has 1 aliphatic rings. The smallest absolute Gasteiger partial charge is 0.180 e. The maximum Gasteiger partial charge on any atom is 0.180 e. The Hall–Kier alpha value is -2.56. The molecule has 10 heteroatoms. The fourth-order valence-electron chi connectivity index (χ4n) is 3.56. The Kier molecular flexibility index (Phi) is 4.69. The number of nitrogens with one attached hydrogen (secondary N) is 1. The summed E-state index contributed by atoms with van der Waals surface area (Å²) in [5, 5.41) is 8.53. The van der Waals surface area contributed by atoms with Gasteiger partial charge in [0.15, 0.2) is 11.5 Å². The van der Waals surface area contributed by atoms with E-state index in [0.29, 0.717) is 5.82 Å². The SMILES string of the molecule is Cc1cc(Nc2nccn3c(-c4cnn(C)c4)cnc23)sc1S(=O)N1CCCC1. The van der Waals surface area contributed by atoms with Gasteiger partial charge in [0, 0.05) is 44.3 Å². The molecule has 29 heavy (non-hydrogen) atoms. The van der Waals surface area contributed by atoms with E-state index in [0.717, 1.165) is 57.6 Å². The molecule has 0 amide bonds. The second-order valence-corrected chi connectivity index (χ2v) is 9.84. The van der Waals surface area contributed by atoms with Crippen LogP contribution < -0.4 is 5.32 Å². The normalized spacial score (nSPS) is 15.9. The molecule has 1 aliphatic heterocycles. The van der Waals surface area contributed by atoms with E-state index < -0.39 is 11.0 Å². The molecule has 0 aromatic carbocycles. The van der Waals surface area contributed by atoms with Crippen LogP contribution in [0.1, 0.15) is 18.4 Å². The molecule has 8 nitrogen and oxygen atoms in total. The highest BCUT2D eigenvalue weighted by Gasteiger charge is 2.23. The third-order valence-corrected chi connectivity index (χ3v) is 8.10. The van der Waals surface area contributed by atoms with Crippen molar-refractivity contribution < 1.29 is 4.21 Å². The predicted molar refractivity (Wildman–Crippen MR) is 115 cm³/mol. The number of hydrogen-bond donors (Lipinski definition) is 1. The van der Waals surface area contributed by atoms with Gasteiger partial charge in [0.05, 0.1) is 23.1 Å². The second-order valence-electron chi connectivity index (χ2n) is 7.11. The lowest BCUT2D eigenvalue weighted by molar-refractivity contribution is 0.537. The summed E-state index contributed by atoms with van der Waals surface area (Å²) in [4.78, 5) is 9.05. The van der Waals surface area contributed by atoms with E-state index >= 15 is 0 Å². The van der Waals surface area contributed by atoms with Crippen molar-refractivity contribution in [1.82, 2.24) is 28.5 Å². The zero-order chi connectivity index (χ0) is 20.0. The van der Waals surface area contributed by atoms with Crippen LogP contribution in [-0.4, -0.2) is 45.8 Å². The first kappa shape index (κ1) is 18.5. The van der Waals surface area contributed by atoms with Gasteiger partial charge in [-0.3, -0.25) is 9.08 Å². The molecule has 4 aromatic heterocycles. The average molecular weight is 428 g/mol. The Labute approximate surface area is 174 Å². The lowest BCUT2D eigenvalue weighted by atomic mass is 10.3. The summed E-state index contributed by atoms with van der Waals surface area (Å²) in [5.41, 5.74) is 3.72.